The molecule has 2 aromatic carbocycles. The van der Waals surface area contributed by atoms with E-state index in [0.717, 1.165) is 10.8 Å². The molecule has 0 saturated heterocycles. The lowest BCUT2D eigenvalue weighted by Gasteiger charge is -2.09. The van der Waals surface area contributed by atoms with Crippen LogP contribution >= 0.6 is 11.6 Å². The largest absolute Gasteiger partial charge is 0.404 e. The SMILES string of the molecule is N/C=C(\C=Nc1cccc(Cl)c1)c1nccc2cc(S(=O)Nc3ccncn3)ccc12. The third-order valence-electron chi connectivity index (χ3n) is 4.34. The Kier molecular flexibility index (Phi) is 6.30. The molecule has 3 N–H and O–H groups in total. The normalized spacial score (nSPS) is 12.9. The number of aromatic nitrogens is 3. The predicted molar refractivity (Wildman–Crippen MR) is 126 cm³/mol. The van der Waals surface area contributed by atoms with Crippen LogP contribution < -0.4 is 10.5 Å². The maximum absolute atomic E-state index is 12.7. The lowest BCUT2D eigenvalue weighted by atomic mass is 10.1. The van der Waals surface area contributed by atoms with E-state index < -0.39 is 11.0 Å². The van der Waals surface area contributed by atoms with Crippen molar-refractivity contribution in [3.63, 3.8) is 0 Å². The third kappa shape index (κ3) is 4.93. The average Bonchev–Trinajstić information content (AvgIpc) is 2.80. The number of benzene rings is 2. The molecule has 31 heavy (non-hydrogen) atoms. The molecule has 154 valence electrons. The number of anilines is 1. The van der Waals surface area contributed by atoms with E-state index in [1.807, 2.05) is 30.3 Å². The van der Waals surface area contributed by atoms with Crippen molar-refractivity contribution in [2.75, 3.05) is 4.72 Å². The molecule has 2 heterocycles. The highest BCUT2D eigenvalue weighted by Crippen LogP contribution is 2.25. The molecular weight excluding hydrogens is 432 g/mol. The van der Waals surface area contributed by atoms with Crippen molar-refractivity contribution < 1.29 is 4.21 Å². The van der Waals surface area contributed by atoms with E-state index >= 15 is 0 Å². The number of nitrogens with one attached hydrogen (secondary N) is 1. The van der Waals surface area contributed by atoms with Gasteiger partial charge >= 0.3 is 0 Å². The first kappa shape index (κ1) is 20.6. The number of aliphatic imine (C=N–C) groups is 1. The molecule has 0 aliphatic carbocycles. The summed E-state index contributed by atoms with van der Waals surface area (Å²) >= 11 is 6.02. The highest BCUT2D eigenvalue weighted by molar-refractivity contribution is 7.86. The molecule has 0 aliphatic heterocycles. The lowest BCUT2D eigenvalue weighted by Crippen LogP contribution is -2.06. The summed E-state index contributed by atoms with van der Waals surface area (Å²) in [5.74, 6) is 0.481. The van der Waals surface area contributed by atoms with Gasteiger partial charge in [0.25, 0.3) is 0 Å². The molecular formula is C22H17ClN6OS. The first-order chi connectivity index (χ1) is 15.1. The average molecular weight is 449 g/mol. The minimum atomic E-state index is -1.48. The second-order valence-corrected chi connectivity index (χ2v) is 8.02. The minimum Gasteiger partial charge on any atom is -0.404 e. The monoisotopic (exact) mass is 448 g/mol. The van der Waals surface area contributed by atoms with Crippen molar-refractivity contribution in [3.05, 3.63) is 90.2 Å². The molecule has 0 amide bonds. The van der Waals surface area contributed by atoms with E-state index in [-0.39, 0.29) is 0 Å². The van der Waals surface area contributed by atoms with Gasteiger partial charge in [-0.05, 0) is 47.9 Å². The molecule has 0 spiro atoms. The molecule has 0 saturated carbocycles. The molecule has 0 aliphatic rings. The van der Waals surface area contributed by atoms with Crippen molar-refractivity contribution in [1.82, 2.24) is 15.0 Å². The molecule has 2 aromatic heterocycles. The number of rotatable bonds is 6. The Hall–Kier alpha value is -3.62. The van der Waals surface area contributed by atoms with Crippen molar-refractivity contribution in [2.45, 2.75) is 4.90 Å². The number of allylic oxidation sites excluding steroid dienone is 1. The smallest absolute Gasteiger partial charge is 0.151 e. The Balaban J connectivity index is 1.63. The second-order valence-electron chi connectivity index (χ2n) is 6.37. The number of nitrogens with two attached hydrogens (primary N) is 1. The topological polar surface area (TPSA) is 106 Å². The molecule has 0 bridgehead atoms. The predicted octanol–water partition coefficient (Wildman–Crippen LogP) is 4.52. The van der Waals surface area contributed by atoms with Gasteiger partial charge in [0.2, 0.25) is 0 Å². The van der Waals surface area contributed by atoms with Crippen molar-refractivity contribution >= 4 is 56.7 Å². The molecule has 7 nitrogen and oxygen atoms in total. The van der Waals surface area contributed by atoms with E-state index in [2.05, 4.69) is 24.7 Å². The summed E-state index contributed by atoms with van der Waals surface area (Å²) in [5, 5.41) is 2.34. The summed E-state index contributed by atoms with van der Waals surface area (Å²) < 4.78 is 15.5. The van der Waals surface area contributed by atoms with Gasteiger partial charge in [0.05, 0.1) is 16.3 Å². The fourth-order valence-corrected chi connectivity index (χ4v) is 3.93. The van der Waals surface area contributed by atoms with Crippen LogP contribution in [0.4, 0.5) is 11.5 Å². The highest BCUT2D eigenvalue weighted by Gasteiger charge is 2.10. The van der Waals surface area contributed by atoms with Gasteiger partial charge in [0, 0.05) is 40.8 Å². The van der Waals surface area contributed by atoms with E-state index in [4.69, 9.17) is 17.3 Å². The van der Waals surface area contributed by atoms with Crippen LogP contribution in [-0.4, -0.2) is 25.4 Å². The summed E-state index contributed by atoms with van der Waals surface area (Å²) in [4.78, 5) is 17.4. The van der Waals surface area contributed by atoms with Crippen LogP contribution in [0, 0.1) is 0 Å². The zero-order valence-corrected chi connectivity index (χ0v) is 17.7. The Morgan fingerprint density at radius 2 is 2.00 bits per heavy atom. The Morgan fingerprint density at radius 1 is 1.10 bits per heavy atom. The fraction of sp³-hybridized carbons (Fsp3) is 0. The summed E-state index contributed by atoms with van der Waals surface area (Å²) in [6.07, 6.45) is 7.76. The van der Waals surface area contributed by atoms with Crippen LogP contribution in [0.1, 0.15) is 5.69 Å². The maximum atomic E-state index is 12.7. The number of halogens is 1. The van der Waals surface area contributed by atoms with Crippen LogP contribution in [0.5, 0.6) is 0 Å². The van der Waals surface area contributed by atoms with E-state index in [1.54, 1.807) is 42.9 Å². The van der Waals surface area contributed by atoms with Gasteiger partial charge < -0.3 is 5.73 Å². The molecule has 0 radical (unpaired) electrons. The van der Waals surface area contributed by atoms with Gasteiger partial charge in [0.15, 0.2) is 11.0 Å². The van der Waals surface area contributed by atoms with Crippen molar-refractivity contribution in [1.29, 1.82) is 0 Å². The Bertz CT molecular complexity index is 1310. The molecule has 4 rings (SSSR count). The van der Waals surface area contributed by atoms with E-state index in [9.17, 15) is 4.21 Å². The Labute approximate surface area is 186 Å². The first-order valence-corrected chi connectivity index (χ1v) is 10.7. The standard InChI is InChI=1S/C22H17ClN6OS/c23-17-2-1-3-18(11-17)27-13-16(12-24)22-20-5-4-19(10-15(20)6-9-26-22)31(30)29-21-7-8-25-14-28-21/h1-14H,24H2,(H,25,28,29)/b16-12+,27-13?. The summed E-state index contributed by atoms with van der Waals surface area (Å²) in [7, 11) is -1.48. The van der Waals surface area contributed by atoms with E-state index in [0.29, 0.717) is 32.7 Å². The van der Waals surface area contributed by atoms with Gasteiger partial charge in [-0.3, -0.25) is 14.7 Å². The number of hydrogen-bond donors (Lipinski definition) is 2. The lowest BCUT2D eigenvalue weighted by molar-refractivity contribution is 0.686. The molecule has 4 aromatic rings. The number of nitrogens with zero attached hydrogens (tertiary/aromatic N) is 4. The Morgan fingerprint density at radius 3 is 2.77 bits per heavy atom. The van der Waals surface area contributed by atoms with Gasteiger partial charge in [-0.2, -0.15) is 0 Å². The van der Waals surface area contributed by atoms with Gasteiger partial charge in [-0.15, -0.1) is 0 Å². The first-order valence-electron chi connectivity index (χ1n) is 9.19. The number of fused-ring (bicyclic) bond motifs is 1. The quantitative estimate of drug-likeness (QED) is 0.422. The van der Waals surface area contributed by atoms with Crippen molar-refractivity contribution in [3.8, 4) is 0 Å². The number of hydrogen-bond acceptors (Lipinski definition) is 6. The van der Waals surface area contributed by atoms with Crippen molar-refractivity contribution in [2.24, 2.45) is 10.7 Å². The maximum Gasteiger partial charge on any atom is 0.151 e. The fourth-order valence-electron chi connectivity index (χ4n) is 2.89. The second kappa shape index (κ2) is 9.46. The number of pyridine rings is 1. The van der Waals surface area contributed by atoms with Crippen LogP contribution in [0.15, 0.2) is 89.4 Å². The van der Waals surface area contributed by atoms with Crippen LogP contribution in [0.2, 0.25) is 5.02 Å². The molecule has 0 fully saturated rings. The van der Waals surface area contributed by atoms with Crippen LogP contribution in [0.25, 0.3) is 16.3 Å². The van der Waals surface area contributed by atoms with E-state index in [1.165, 1.54) is 12.5 Å². The third-order valence-corrected chi connectivity index (χ3v) is 5.65. The summed E-state index contributed by atoms with van der Waals surface area (Å²) in [6.45, 7) is 0. The minimum absolute atomic E-state index is 0.481. The van der Waals surface area contributed by atoms with Crippen LogP contribution in [0.3, 0.4) is 0 Å². The zero-order chi connectivity index (χ0) is 21.6. The van der Waals surface area contributed by atoms with Gasteiger partial charge in [0.1, 0.15) is 12.1 Å². The highest BCUT2D eigenvalue weighted by atomic mass is 35.5. The summed E-state index contributed by atoms with van der Waals surface area (Å²) in [6, 6.07) is 16.2. The van der Waals surface area contributed by atoms with Gasteiger partial charge in [-0.1, -0.05) is 23.7 Å². The molecule has 1 atom stereocenters. The molecule has 9 heteroatoms. The van der Waals surface area contributed by atoms with Gasteiger partial charge in [-0.25, -0.2) is 14.2 Å². The molecule has 1 unspecified atom stereocenters. The summed E-state index contributed by atoms with van der Waals surface area (Å²) in [5.41, 5.74) is 7.90. The van der Waals surface area contributed by atoms with Crippen LogP contribution in [-0.2, 0) is 11.0 Å². The zero-order valence-electron chi connectivity index (χ0n) is 16.1.